The Morgan fingerprint density at radius 2 is 0.752 bits per heavy atom. The Bertz CT molecular complexity index is 3400. The molecular formula is C98H177BClF12N12NaO16. The van der Waals surface area contributed by atoms with Gasteiger partial charge >= 0.3 is 84.7 Å². The molecule has 0 spiro atoms. The number of nitrogens with zero attached hydrogens (tertiary/aromatic N) is 7. The normalized spacial score (nSPS) is 18.0. The maximum absolute atomic E-state index is 12.2. The Labute approximate surface area is 865 Å². The summed E-state index contributed by atoms with van der Waals surface area (Å²) in [7, 11) is 4.50. The molecule has 1 aliphatic carbocycles. The van der Waals surface area contributed by atoms with Crippen molar-refractivity contribution in [2.24, 2.45) is 44.5 Å². The van der Waals surface area contributed by atoms with E-state index in [9.17, 15) is 91.7 Å². The van der Waals surface area contributed by atoms with Crippen LogP contribution < -0.4 is 57.0 Å². The number of nitrogens with one attached hydrogen (secondary N) is 3. The fraction of sp³-hybridized carbons (Fsp3) is 0.847. The van der Waals surface area contributed by atoms with Gasteiger partial charge in [-0.05, 0) is 244 Å². The summed E-state index contributed by atoms with van der Waals surface area (Å²) >= 11 is 0. The van der Waals surface area contributed by atoms with Crippen molar-refractivity contribution in [2.75, 3.05) is 158 Å². The summed E-state index contributed by atoms with van der Waals surface area (Å²) in [5.41, 5.74) is 5.87. The average Bonchev–Trinajstić information content (AvgIpc) is 1.25. The maximum atomic E-state index is 12.2. The second-order valence-electron chi connectivity index (χ2n) is 40.5. The summed E-state index contributed by atoms with van der Waals surface area (Å²) < 4.78 is 183. The van der Waals surface area contributed by atoms with Crippen molar-refractivity contribution in [2.45, 2.75) is 347 Å². The van der Waals surface area contributed by atoms with Gasteiger partial charge in [-0.3, -0.25) is 0 Å². The van der Waals surface area contributed by atoms with E-state index in [4.69, 9.17) is 48.4 Å². The fourth-order valence-corrected chi connectivity index (χ4v) is 14.5. The molecule has 0 atom stereocenters. The minimum Gasteiger partial charge on any atom is -0.490 e. The van der Waals surface area contributed by atoms with Gasteiger partial charge in [0.05, 0.1) is 56.9 Å². The first-order chi connectivity index (χ1) is 63.4. The number of carbonyl (C=O) groups is 6. The molecule has 9 rings (SSSR count). The quantitative estimate of drug-likeness (QED) is 0.0236. The molecule has 0 unspecified atom stereocenters. The fourth-order valence-electron chi connectivity index (χ4n) is 14.5. The van der Waals surface area contributed by atoms with E-state index in [1.807, 2.05) is 129 Å². The monoisotopic (exact) mass is 2080 g/mol. The molecule has 43 heteroatoms. The van der Waals surface area contributed by atoms with Crippen LogP contribution in [0.2, 0.25) is 0 Å². The molecule has 820 valence electrons. The number of rotatable bonds is 18. The number of hydrogen-bond donors (Lipinski definition) is 7. The average molecular weight is 2080 g/mol. The van der Waals surface area contributed by atoms with Crippen molar-refractivity contribution in [3.8, 4) is 12.1 Å². The molecule has 7 saturated heterocycles. The van der Waals surface area contributed by atoms with Crippen molar-refractivity contribution in [1.29, 1.82) is 10.5 Å². The Morgan fingerprint density at radius 3 is 0.986 bits per heavy atom. The van der Waals surface area contributed by atoms with E-state index < -0.39 is 90.4 Å². The molecule has 7 heterocycles. The van der Waals surface area contributed by atoms with E-state index in [0.717, 1.165) is 142 Å². The van der Waals surface area contributed by atoms with Crippen LogP contribution in [0.3, 0.4) is 0 Å². The Hall–Kier alpha value is -5.67. The van der Waals surface area contributed by atoms with Crippen LogP contribution >= 0.6 is 12.4 Å². The van der Waals surface area contributed by atoms with E-state index in [0.29, 0.717) is 97.7 Å². The van der Waals surface area contributed by atoms with Crippen LogP contribution in [-0.2, 0) is 49.3 Å². The molecule has 5 amide bonds. The van der Waals surface area contributed by atoms with Crippen molar-refractivity contribution < 1.29 is 159 Å². The number of aliphatic hydroxyl groups is 2. The van der Waals surface area contributed by atoms with Gasteiger partial charge in [0.2, 0.25) is 0 Å². The predicted octanol–water partition coefficient (Wildman–Crippen LogP) is 17.8. The van der Waals surface area contributed by atoms with Crippen LogP contribution in [-0.4, -0.2) is 290 Å². The van der Waals surface area contributed by atoms with Crippen LogP contribution in [0.25, 0.3) is 0 Å². The van der Waals surface area contributed by atoms with Crippen LogP contribution in [0, 0.1) is 62.1 Å². The number of aliphatic hydroxyl groups excluding tert-OH is 2. The van der Waals surface area contributed by atoms with Gasteiger partial charge in [-0.1, -0.05) is 85.2 Å². The summed E-state index contributed by atoms with van der Waals surface area (Å²) in [5.74, 6) is 0.101. The van der Waals surface area contributed by atoms with Crippen molar-refractivity contribution in [3.63, 3.8) is 0 Å². The first-order valence-electron chi connectivity index (χ1n) is 47.9. The Balaban J connectivity index is -0.000000366. The molecule has 2 radical (unpaired) electrons. The number of alkyl halides is 12. The summed E-state index contributed by atoms with van der Waals surface area (Å²) in [6, 6.07) is 14.8. The number of piperidine rings is 5. The van der Waals surface area contributed by atoms with E-state index in [2.05, 4.69) is 59.5 Å². The predicted molar refractivity (Wildman–Crippen MR) is 525 cm³/mol. The molecule has 9 N–H and O–H groups in total. The minimum absolute atomic E-state index is 0. The van der Waals surface area contributed by atoms with Crippen molar-refractivity contribution >= 4 is 57.0 Å². The van der Waals surface area contributed by atoms with Crippen LogP contribution in [0.1, 0.15) is 293 Å². The molecule has 8 fully saturated rings. The number of ether oxygens (including phenoxy) is 8. The smallest absolute Gasteiger partial charge is 0.490 e. The first-order valence-corrected chi connectivity index (χ1v) is 47.9. The SMILES string of the molecule is C.C.C1CCOC1.C1CCOC1.CC(C)(C)OC(=O)N1CCC(C#N)CC1.CC(C)(C)OC(=O)N1CCC(CO)(CNCC(F)(F)F)CC1.CCC1(C#N)CCN(C(=O)OC(C)(C)C)CC1.CCC1(C=O)CCN(C(=O)OC(C)(C)C)CC1.CCC1(CNCC(F)(F)F)CCN(C(=O)OC(C)(C)C)CC1.CCOCc1ccccc1.Cl.NCC(F)(F)F.OCC1(CNCC(F)(F)F)CCCCC1.[B][CH-]N.[Na+]. The molecule has 28 nitrogen and oxygen atoms in total. The van der Waals surface area contributed by atoms with Gasteiger partial charge in [-0.15, -0.1) is 12.4 Å². The standard InChI is InChI=1S/C15H27F3N2O2.C14H25F3N2O3.C13H22N2O2.C13H23NO3.C11H18N2O2.C10H18F3NO.C9H12O.2C4H8O.C2H4F3N.CH3BN.2CH4.ClH.Na/c1-5-14(10-19-11-15(16,17)18)6-8-20(9-7-14)12(21)22-13(2,3)4;1-12(2,3)22-11(21)19-6-4-13(10-20,5-7-19)8-18-9-14(15,16)17;1-5-13(10-14)6-8-15(9-7-13)11(16)17-12(2,3)4;1-5-13(10-15)6-8-14(9-7-13)11(16)17-12(2,3)4;1-11(2,3)15-10(14)13-6-4-9(8-12)5-7-13;11-10(12,13)7-14-6-9(8-15)4-2-1-3-5-9;1-2-10-8-9-6-4-3-5-7-9;2*1-2-4-5-3-1;3-2(4,5)1-6;2-1-3;;;;/h19H,5-11H2,1-4H3;18,20H,4-10H2,1-3H3;5-9H2,1-4H3;10H,5-9H2,1-4H3;9H,4-7H2,1-3H3;14-15H,1-8H2;3-7H,2,8H2,1H3;2*1-4H2;1,6H2;1H,3H2;2*1H4;1H;/q;;;;;;;;;;-1;;;;+1. The third-order valence-electron chi connectivity index (χ3n) is 22.9. The molecule has 7 aliphatic heterocycles. The van der Waals surface area contributed by atoms with Gasteiger partial charge in [0, 0.05) is 147 Å². The summed E-state index contributed by atoms with van der Waals surface area (Å²) in [4.78, 5) is 78.5. The zero-order valence-electron chi connectivity index (χ0n) is 86.8. The van der Waals surface area contributed by atoms with Crippen molar-refractivity contribution in [3.05, 3.63) is 42.3 Å². The second kappa shape index (κ2) is 72.6. The van der Waals surface area contributed by atoms with Crippen LogP contribution in [0.15, 0.2) is 30.3 Å². The largest absolute Gasteiger partial charge is 1.00 e. The van der Waals surface area contributed by atoms with Gasteiger partial charge in [0.25, 0.3) is 0 Å². The first kappa shape index (κ1) is 146. The maximum Gasteiger partial charge on any atom is 1.00 e. The van der Waals surface area contributed by atoms with Crippen molar-refractivity contribution in [1.82, 2.24) is 40.4 Å². The van der Waals surface area contributed by atoms with Gasteiger partial charge < -0.3 is 111 Å². The number of nitrogens with two attached hydrogens (primary N) is 2. The minimum atomic E-state index is -4.27. The van der Waals surface area contributed by atoms with Gasteiger partial charge in [-0.2, -0.15) is 71.1 Å². The molecular weight excluding hydrogens is 1900 g/mol. The molecule has 1 aromatic rings. The summed E-state index contributed by atoms with van der Waals surface area (Å²) in [6.07, 6.45) is 2.83. The summed E-state index contributed by atoms with van der Waals surface area (Å²) in [6.45, 7) is 42.7. The Kier molecular flexibility index (Phi) is 75.2. The Morgan fingerprint density at radius 1 is 0.468 bits per heavy atom. The number of amides is 5. The van der Waals surface area contributed by atoms with Gasteiger partial charge in [0.1, 0.15) is 34.3 Å². The number of carbonyl (C=O) groups excluding carboxylic acids is 6. The van der Waals surface area contributed by atoms with Crippen LogP contribution in [0.5, 0.6) is 0 Å². The molecule has 1 saturated carbocycles. The number of hydrogen-bond acceptors (Lipinski definition) is 23. The van der Waals surface area contributed by atoms with E-state index in [1.54, 1.807) is 40.4 Å². The topological polar surface area (TPSA) is 369 Å². The van der Waals surface area contributed by atoms with E-state index in [1.165, 1.54) is 36.1 Å². The summed E-state index contributed by atoms with van der Waals surface area (Å²) in [5, 5.41) is 43.9. The van der Waals surface area contributed by atoms with Gasteiger partial charge in [-0.25, -0.2) is 24.0 Å². The number of nitriles is 2. The molecule has 0 bridgehead atoms. The molecule has 141 heavy (non-hydrogen) atoms. The zero-order valence-corrected chi connectivity index (χ0v) is 89.6. The molecule has 8 aliphatic rings. The number of aldehydes is 1. The molecule has 0 aromatic heterocycles. The van der Waals surface area contributed by atoms with E-state index >= 15 is 0 Å². The third-order valence-corrected chi connectivity index (χ3v) is 22.9. The zero-order chi connectivity index (χ0) is 105. The van der Waals surface area contributed by atoms with E-state index in [-0.39, 0.29) is 135 Å². The van der Waals surface area contributed by atoms with Crippen LogP contribution in [0.4, 0.5) is 76.7 Å². The number of halogens is 13. The second-order valence-corrected chi connectivity index (χ2v) is 40.5. The third kappa shape index (κ3) is 73.1. The molecule has 1 aromatic carbocycles. The number of likely N-dealkylation sites (tertiary alicyclic amines) is 5. The van der Waals surface area contributed by atoms with Gasteiger partial charge in [0.15, 0.2) is 0 Å². The number of benzene rings is 1.